The number of nitrogens with zero attached hydrogens (tertiary/aromatic N) is 2. The summed E-state index contributed by atoms with van der Waals surface area (Å²) >= 11 is 0. The maximum Gasteiger partial charge on any atom is 0.408 e. The molecule has 2 aromatic carbocycles. The Labute approximate surface area is 403 Å². The van der Waals surface area contributed by atoms with Crippen LogP contribution in [-0.4, -0.2) is 99.5 Å². The third-order valence-corrected chi connectivity index (χ3v) is 11.2. The minimum absolute atomic E-state index is 0.201. The lowest BCUT2D eigenvalue weighted by atomic mass is 10.0. The van der Waals surface area contributed by atoms with Crippen molar-refractivity contribution in [1.82, 2.24) is 20.4 Å². The Morgan fingerprint density at radius 3 is 1.71 bits per heavy atom. The highest BCUT2D eigenvalue weighted by Crippen LogP contribution is 2.25. The molecule has 5 atom stereocenters. The number of hydrogen-bond donors (Lipinski definition) is 5. The summed E-state index contributed by atoms with van der Waals surface area (Å²) in [6.07, 6.45) is 17.5. The van der Waals surface area contributed by atoms with E-state index >= 15 is 0 Å². The van der Waals surface area contributed by atoms with Gasteiger partial charge in [0.15, 0.2) is 0 Å². The molecule has 68 heavy (non-hydrogen) atoms. The van der Waals surface area contributed by atoms with Crippen molar-refractivity contribution < 1.29 is 38.6 Å². The molecule has 2 aliphatic heterocycles. The summed E-state index contributed by atoms with van der Waals surface area (Å²) < 4.78 is 11.1. The molecule has 2 aromatic rings. The van der Waals surface area contributed by atoms with Crippen LogP contribution in [0, 0.1) is 12.3 Å². The van der Waals surface area contributed by atoms with Crippen LogP contribution in [-0.2, 0) is 35.1 Å². The Bertz CT molecular complexity index is 2260. The van der Waals surface area contributed by atoms with Gasteiger partial charge in [-0.2, -0.15) is 0 Å². The molecule has 0 spiro atoms. The van der Waals surface area contributed by atoms with Gasteiger partial charge in [-0.05, 0) is 148 Å². The molecule has 2 heterocycles. The average Bonchev–Trinajstić information content (AvgIpc) is 3.96. The van der Waals surface area contributed by atoms with Crippen molar-refractivity contribution >= 4 is 41.1 Å². The fraction of sp³-hybridized carbons (Fsp3) is 0.463. The highest BCUT2D eigenvalue weighted by molar-refractivity contribution is 5.99. The lowest BCUT2D eigenvalue weighted by Crippen LogP contribution is -2.54. The Morgan fingerprint density at radius 1 is 0.750 bits per heavy atom. The molecule has 2 saturated heterocycles. The van der Waals surface area contributed by atoms with E-state index in [1.807, 2.05) is 101 Å². The van der Waals surface area contributed by atoms with Gasteiger partial charge >= 0.3 is 6.09 Å². The monoisotopic (exact) mass is 933 g/mol. The van der Waals surface area contributed by atoms with E-state index in [0.717, 1.165) is 27.8 Å². The van der Waals surface area contributed by atoms with E-state index in [4.69, 9.17) is 15.9 Å². The molecule has 14 heteroatoms. The van der Waals surface area contributed by atoms with Gasteiger partial charge < -0.3 is 40.3 Å². The van der Waals surface area contributed by atoms with Gasteiger partial charge in [-0.25, -0.2) is 4.79 Å². The first-order valence-electron chi connectivity index (χ1n) is 23.3. The lowest BCUT2D eigenvalue weighted by molar-refractivity contribution is -0.188. The number of anilines is 2. The Balaban J connectivity index is 1.36. The molecular weight excluding hydrogens is 861 g/mol. The predicted molar refractivity (Wildman–Crippen MR) is 268 cm³/mol. The fourth-order valence-electron chi connectivity index (χ4n) is 7.91. The number of benzene rings is 2. The minimum atomic E-state index is -1.40. The van der Waals surface area contributed by atoms with Crippen molar-refractivity contribution in [2.75, 3.05) is 23.7 Å². The van der Waals surface area contributed by atoms with Crippen molar-refractivity contribution in [2.24, 2.45) is 0 Å². The number of terminal acetylenes is 1. The van der Waals surface area contributed by atoms with Gasteiger partial charge in [0.05, 0.1) is 11.6 Å². The number of carbonyl (C=O) groups excluding carboxylic acids is 5. The molecule has 0 bridgehead atoms. The molecule has 2 fully saturated rings. The number of alkyl carbamates (subject to hydrolysis) is 1. The fourth-order valence-corrected chi connectivity index (χ4v) is 7.91. The maximum atomic E-state index is 14.0. The summed E-state index contributed by atoms with van der Waals surface area (Å²) in [5, 5.41) is 22.3. The second-order valence-corrected chi connectivity index (χ2v) is 19.5. The zero-order chi connectivity index (χ0) is 50.2. The molecule has 2 aliphatic rings. The Kier molecular flexibility index (Phi) is 20.1. The van der Waals surface area contributed by atoms with Gasteiger partial charge in [0, 0.05) is 24.5 Å². The van der Waals surface area contributed by atoms with E-state index in [1.165, 1.54) is 4.90 Å². The zero-order valence-electron chi connectivity index (χ0n) is 41.3. The van der Waals surface area contributed by atoms with E-state index in [1.54, 1.807) is 50.8 Å². The Hall–Kier alpha value is -6.27. The molecule has 0 radical (unpaired) electrons. The van der Waals surface area contributed by atoms with Crippen LogP contribution < -0.4 is 21.3 Å². The Morgan fingerprint density at radius 2 is 1.24 bits per heavy atom. The number of likely N-dealkylation sites (tertiary alicyclic amines) is 2. The molecule has 14 nitrogen and oxygen atoms in total. The number of nitrogens with one attached hydrogen (secondary N) is 4. The summed E-state index contributed by atoms with van der Waals surface area (Å²) in [6, 6.07) is 11.8. The van der Waals surface area contributed by atoms with E-state index in [0.29, 0.717) is 63.0 Å². The van der Waals surface area contributed by atoms with Crippen LogP contribution in [0.5, 0.6) is 0 Å². The average molecular weight is 933 g/mol. The zero-order valence-corrected chi connectivity index (χ0v) is 41.3. The van der Waals surface area contributed by atoms with Crippen molar-refractivity contribution in [1.29, 1.82) is 0 Å². The van der Waals surface area contributed by atoms with Crippen molar-refractivity contribution in [3.63, 3.8) is 0 Å². The SMILES string of the molecule is C#CC(C)=CC=C(C)CC(NC(=O)OC(C)(C)C)C(=O)N1CCCC1C(=O)Nc1ccc(Cc2ccc(NC(=O)C3CCCN3C(=O)C(CC(C)=CC=CC=C)NC(O)OC(C)(C)C)cc2)cc1. The van der Waals surface area contributed by atoms with Crippen LogP contribution in [0.2, 0.25) is 0 Å². The van der Waals surface area contributed by atoms with Crippen LogP contribution in [0.25, 0.3) is 0 Å². The molecule has 0 saturated carbocycles. The molecule has 5 unspecified atom stereocenters. The summed E-state index contributed by atoms with van der Waals surface area (Å²) in [5.41, 5.74) is 4.16. The summed E-state index contributed by atoms with van der Waals surface area (Å²) in [5.74, 6) is 1.29. The van der Waals surface area contributed by atoms with E-state index in [-0.39, 0.29) is 30.0 Å². The molecule has 5 amide bonds. The molecule has 4 rings (SSSR count). The van der Waals surface area contributed by atoms with Crippen LogP contribution in [0.3, 0.4) is 0 Å². The second kappa shape index (κ2) is 25.2. The van der Waals surface area contributed by atoms with E-state index < -0.39 is 47.9 Å². The maximum absolute atomic E-state index is 14.0. The number of hydrogen-bond acceptors (Lipinski definition) is 9. The summed E-state index contributed by atoms with van der Waals surface area (Å²) in [7, 11) is 0. The van der Waals surface area contributed by atoms with Crippen molar-refractivity contribution in [3.8, 4) is 12.3 Å². The van der Waals surface area contributed by atoms with E-state index in [2.05, 4.69) is 33.8 Å². The predicted octanol–water partition coefficient (Wildman–Crippen LogP) is 8.07. The van der Waals surface area contributed by atoms with Crippen LogP contribution >= 0.6 is 0 Å². The summed E-state index contributed by atoms with van der Waals surface area (Å²) in [6.45, 7) is 20.7. The highest BCUT2D eigenvalue weighted by atomic mass is 16.6. The molecule has 0 aromatic heterocycles. The smallest absolute Gasteiger partial charge is 0.408 e. The first kappa shape index (κ1) is 54.3. The van der Waals surface area contributed by atoms with Crippen molar-refractivity contribution in [2.45, 2.75) is 149 Å². The quantitative estimate of drug-likeness (QED) is 0.0530. The van der Waals surface area contributed by atoms with Gasteiger partial charge in [0.25, 0.3) is 0 Å². The van der Waals surface area contributed by atoms with Gasteiger partial charge in [-0.15, -0.1) is 6.42 Å². The van der Waals surface area contributed by atoms with Gasteiger partial charge in [-0.3, -0.25) is 24.5 Å². The van der Waals surface area contributed by atoms with Crippen LogP contribution in [0.1, 0.15) is 112 Å². The number of aliphatic hydroxyl groups is 1. The van der Waals surface area contributed by atoms with Gasteiger partial charge in [-0.1, -0.05) is 84.4 Å². The van der Waals surface area contributed by atoms with Crippen molar-refractivity contribution in [3.05, 3.63) is 119 Å². The van der Waals surface area contributed by atoms with Gasteiger partial charge in [0.2, 0.25) is 30.0 Å². The number of allylic oxidation sites excluding steroid dienone is 7. The summed E-state index contributed by atoms with van der Waals surface area (Å²) in [4.78, 5) is 71.3. The van der Waals surface area contributed by atoms with Crippen LogP contribution in [0.4, 0.5) is 16.2 Å². The normalized spacial score (nSPS) is 18.4. The van der Waals surface area contributed by atoms with Crippen LogP contribution in [0.15, 0.2) is 108 Å². The number of aliphatic hydroxyl groups excluding tert-OH is 1. The second-order valence-electron chi connectivity index (χ2n) is 19.5. The largest absolute Gasteiger partial charge is 0.444 e. The minimum Gasteiger partial charge on any atom is -0.444 e. The third-order valence-electron chi connectivity index (χ3n) is 11.2. The molecule has 366 valence electrons. The topological polar surface area (TPSA) is 179 Å². The number of amides is 5. The molecular formula is C54H72N6O8. The van der Waals surface area contributed by atoms with Gasteiger partial charge in [0.1, 0.15) is 23.7 Å². The highest BCUT2D eigenvalue weighted by Gasteiger charge is 2.40. The molecule has 0 aliphatic carbocycles. The number of carbonyl (C=O) groups is 5. The first-order chi connectivity index (χ1) is 32.0. The van der Waals surface area contributed by atoms with E-state index in [9.17, 15) is 29.1 Å². The number of ether oxygens (including phenoxy) is 2. The third kappa shape index (κ3) is 17.8. The lowest BCUT2D eigenvalue weighted by Gasteiger charge is -2.32. The first-order valence-corrected chi connectivity index (χ1v) is 23.3. The number of rotatable bonds is 19. The molecule has 5 N–H and O–H groups in total. The standard InChI is InChI=1S/C54H72N6O8/c1-12-14-15-18-37(4)33-43(57-51(65)67-53(6,7)8)49(63)59-31-16-19-45(59)47(61)55-41-27-23-39(24-28-41)35-40-25-29-42(30-26-40)56-48(62)46-20-17-32-60(46)50(64)44(58-52(66)68-54(9,10)11)34-38(5)22-21-36(3)13-2/h2,12,14-15,18,21-30,43-46,51,57,65H,1,16-17,19-20,31-35H2,3-11H3,(H,55,61)(H,56,62)(H,58,66).